The molecule has 0 aromatic rings. The Morgan fingerprint density at radius 2 is 2.50 bits per heavy atom. The van der Waals surface area contributed by atoms with Crippen LogP contribution >= 0.6 is 0 Å². The van der Waals surface area contributed by atoms with Gasteiger partial charge in [0.2, 0.25) is 0 Å². The maximum atomic E-state index is 11.2. The van der Waals surface area contributed by atoms with Crippen LogP contribution in [0.15, 0.2) is 24.1 Å². The number of hydrogen-bond donors (Lipinski definition) is 0. The van der Waals surface area contributed by atoms with E-state index in [1.807, 2.05) is 6.08 Å². The molecule has 0 nitrogen and oxygen atoms in total. The molecular weight excluding hydrogens is 79.1 g/mol. The van der Waals surface area contributed by atoms with Crippen LogP contribution in [0.5, 0.6) is 0 Å². The first kappa shape index (κ1) is 3.59. The molecule has 32 valence electrons. The second kappa shape index (κ2) is 1.25. The first-order valence-corrected chi connectivity index (χ1v) is 1.89. The highest BCUT2D eigenvalue weighted by atomic mass is 19.1. The van der Waals surface area contributed by atoms with Crippen molar-refractivity contribution in [2.45, 2.75) is 6.42 Å². The Kier molecular flexibility index (Phi) is 0.748. The van der Waals surface area contributed by atoms with E-state index < -0.39 is 0 Å². The zero-order valence-electron chi connectivity index (χ0n) is 3.32. The molecular formula is C5H5F. The summed E-state index contributed by atoms with van der Waals surface area (Å²) in [7, 11) is 0. The second-order valence-corrected chi connectivity index (χ2v) is 1.29. The van der Waals surface area contributed by atoms with Gasteiger partial charge in [-0.25, -0.2) is 4.39 Å². The van der Waals surface area contributed by atoms with Crippen molar-refractivity contribution in [1.29, 1.82) is 0 Å². The Morgan fingerprint density at radius 3 is 2.50 bits per heavy atom. The van der Waals surface area contributed by atoms with Crippen LogP contribution in [0.3, 0.4) is 0 Å². The smallest absolute Gasteiger partial charge is 0.0901 e. The van der Waals surface area contributed by atoms with E-state index in [1.165, 1.54) is 0 Å². The zero-order chi connectivity index (χ0) is 4.41. The molecule has 0 bridgehead atoms. The Balaban J connectivity index is 2.60. The SMILES string of the molecule is F/C=C1/C=CC1. The van der Waals surface area contributed by atoms with Crippen molar-refractivity contribution >= 4 is 0 Å². The average molecular weight is 84.1 g/mol. The van der Waals surface area contributed by atoms with E-state index in [-0.39, 0.29) is 0 Å². The predicted octanol–water partition coefficient (Wildman–Crippen LogP) is 1.80. The Hall–Kier alpha value is -0.590. The number of rotatable bonds is 0. The van der Waals surface area contributed by atoms with Gasteiger partial charge in [-0.3, -0.25) is 0 Å². The molecule has 1 heteroatoms. The van der Waals surface area contributed by atoms with Crippen LogP contribution in [0.1, 0.15) is 6.42 Å². The molecule has 0 fully saturated rings. The molecule has 0 aliphatic heterocycles. The molecule has 0 unspecified atom stereocenters. The molecule has 0 atom stereocenters. The van der Waals surface area contributed by atoms with Gasteiger partial charge in [0.1, 0.15) is 0 Å². The van der Waals surface area contributed by atoms with Gasteiger partial charge < -0.3 is 0 Å². The summed E-state index contributed by atoms with van der Waals surface area (Å²) >= 11 is 0. The first-order valence-electron chi connectivity index (χ1n) is 1.89. The molecule has 0 saturated carbocycles. The van der Waals surface area contributed by atoms with Gasteiger partial charge >= 0.3 is 0 Å². The lowest BCUT2D eigenvalue weighted by molar-refractivity contribution is 0.707. The highest BCUT2D eigenvalue weighted by molar-refractivity contribution is 5.28. The summed E-state index contributed by atoms with van der Waals surface area (Å²) in [5.41, 5.74) is 0.801. The van der Waals surface area contributed by atoms with Crippen LogP contribution < -0.4 is 0 Å². The van der Waals surface area contributed by atoms with Gasteiger partial charge in [0.15, 0.2) is 0 Å². The molecule has 0 aromatic carbocycles. The first-order chi connectivity index (χ1) is 2.93. The van der Waals surface area contributed by atoms with E-state index in [4.69, 9.17) is 0 Å². The van der Waals surface area contributed by atoms with Gasteiger partial charge in [0.05, 0.1) is 6.33 Å². The lowest BCUT2D eigenvalue weighted by Gasteiger charge is -2.00. The van der Waals surface area contributed by atoms with Gasteiger partial charge in [-0.1, -0.05) is 12.2 Å². The Bertz CT molecular complexity index is 101. The van der Waals surface area contributed by atoms with Crippen molar-refractivity contribution < 1.29 is 4.39 Å². The minimum Gasteiger partial charge on any atom is -0.215 e. The Labute approximate surface area is 36.0 Å². The summed E-state index contributed by atoms with van der Waals surface area (Å²) in [4.78, 5) is 0. The molecule has 0 saturated heterocycles. The molecule has 0 amide bonds. The van der Waals surface area contributed by atoms with E-state index in [0.717, 1.165) is 12.0 Å². The average Bonchev–Trinajstić information content (AvgIpc) is 1.31. The number of halogens is 1. The van der Waals surface area contributed by atoms with Crippen molar-refractivity contribution in [1.82, 2.24) is 0 Å². The van der Waals surface area contributed by atoms with Crippen LogP contribution in [-0.4, -0.2) is 0 Å². The minimum atomic E-state index is 0.639. The summed E-state index contributed by atoms with van der Waals surface area (Å²) in [6.45, 7) is 0. The van der Waals surface area contributed by atoms with E-state index in [0.29, 0.717) is 6.33 Å². The fourth-order valence-corrected chi connectivity index (χ4v) is 0.335. The standard InChI is InChI=1S/C5H5F/c6-4-5-2-1-3-5/h1-2,4H,3H2/b5-4-. The monoisotopic (exact) mass is 84.0 g/mol. The quantitative estimate of drug-likeness (QED) is 0.419. The number of allylic oxidation sites excluding steroid dienone is 3. The maximum Gasteiger partial charge on any atom is 0.0901 e. The van der Waals surface area contributed by atoms with Gasteiger partial charge in [0.25, 0.3) is 0 Å². The third kappa shape index (κ3) is 0.361. The predicted molar refractivity (Wildman–Crippen MR) is 22.9 cm³/mol. The molecule has 0 spiro atoms. The molecule has 0 radical (unpaired) electrons. The molecule has 6 heavy (non-hydrogen) atoms. The van der Waals surface area contributed by atoms with E-state index in [2.05, 4.69) is 0 Å². The normalized spacial score (nSPS) is 24.5. The third-order valence-corrected chi connectivity index (χ3v) is 0.826. The van der Waals surface area contributed by atoms with Crippen molar-refractivity contribution in [2.24, 2.45) is 0 Å². The Morgan fingerprint density at radius 1 is 1.83 bits per heavy atom. The lowest BCUT2D eigenvalue weighted by atomic mass is 10.1. The molecule has 0 heterocycles. The van der Waals surface area contributed by atoms with E-state index in [9.17, 15) is 4.39 Å². The second-order valence-electron chi connectivity index (χ2n) is 1.29. The topological polar surface area (TPSA) is 0 Å². The molecule has 1 rings (SSSR count). The fourth-order valence-electron chi connectivity index (χ4n) is 0.335. The summed E-state index contributed by atoms with van der Waals surface area (Å²) in [5.74, 6) is 0. The lowest BCUT2D eigenvalue weighted by Crippen LogP contribution is -1.81. The molecule has 0 N–H and O–H groups in total. The summed E-state index contributed by atoms with van der Waals surface area (Å²) in [6, 6.07) is 0. The van der Waals surface area contributed by atoms with Crippen LogP contribution in [0.4, 0.5) is 4.39 Å². The van der Waals surface area contributed by atoms with Gasteiger partial charge in [-0.15, -0.1) is 0 Å². The summed E-state index contributed by atoms with van der Waals surface area (Å²) < 4.78 is 11.2. The van der Waals surface area contributed by atoms with Crippen molar-refractivity contribution in [3.05, 3.63) is 24.1 Å². The third-order valence-electron chi connectivity index (χ3n) is 0.826. The molecule has 1 aliphatic rings. The molecule has 1 aliphatic carbocycles. The van der Waals surface area contributed by atoms with Gasteiger partial charge in [0, 0.05) is 0 Å². The highest BCUT2D eigenvalue weighted by Crippen LogP contribution is 2.13. The van der Waals surface area contributed by atoms with Gasteiger partial charge in [-0.2, -0.15) is 0 Å². The van der Waals surface area contributed by atoms with Crippen LogP contribution in [0, 0.1) is 0 Å². The summed E-state index contributed by atoms with van der Waals surface area (Å²) in [5, 5.41) is 0. The van der Waals surface area contributed by atoms with E-state index in [1.54, 1.807) is 6.08 Å². The highest BCUT2D eigenvalue weighted by Gasteiger charge is 1.95. The molecule has 0 aromatic heterocycles. The zero-order valence-corrected chi connectivity index (χ0v) is 3.32. The van der Waals surface area contributed by atoms with Gasteiger partial charge in [-0.05, 0) is 12.0 Å². The minimum absolute atomic E-state index is 0.639. The number of hydrogen-bond acceptors (Lipinski definition) is 0. The summed E-state index contributed by atoms with van der Waals surface area (Å²) in [6.07, 6.45) is 5.14. The van der Waals surface area contributed by atoms with Crippen LogP contribution in [-0.2, 0) is 0 Å². The van der Waals surface area contributed by atoms with Crippen LogP contribution in [0.2, 0.25) is 0 Å². The van der Waals surface area contributed by atoms with Crippen molar-refractivity contribution in [3.8, 4) is 0 Å². The fraction of sp³-hybridized carbons (Fsp3) is 0.200. The maximum absolute atomic E-state index is 11.2. The van der Waals surface area contributed by atoms with Crippen molar-refractivity contribution in [3.63, 3.8) is 0 Å². The van der Waals surface area contributed by atoms with Crippen molar-refractivity contribution in [2.75, 3.05) is 0 Å². The largest absolute Gasteiger partial charge is 0.215 e. The van der Waals surface area contributed by atoms with Crippen LogP contribution in [0.25, 0.3) is 0 Å². The van der Waals surface area contributed by atoms with E-state index >= 15 is 0 Å².